The molecule has 0 saturated heterocycles. The minimum Gasteiger partial charge on any atom is -0.320 e. The molecule has 0 aliphatic heterocycles. The third-order valence-electron chi connectivity index (χ3n) is 2.09. The van der Waals surface area contributed by atoms with Gasteiger partial charge in [-0.05, 0) is 17.7 Å². The van der Waals surface area contributed by atoms with Gasteiger partial charge in [0.2, 0.25) is 0 Å². The lowest BCUT2D eigenvalue weighted by Crippen LogP contribution is -2.08. The summed E-state index contributed by atoms with van der Waals surface area (Å²) in [4.78, 5) is 0.572. The number of halogens is 1. The predicted octanol–water partition coefficient (Wildman–Crippen LogP) is 3.00. The molecule has 0 saturated carbocycles. The van der Waals surface area contributed by atoms with E-state index in [1.165, 1.54) is 11.3 Å². The highest BCUT2D eigenvalue weighted by molar-refractivity contribution is 9.10. The van der Waals surface area contributed by atoms with Gasteiger partial charge in [-0.15, -0.1) is 11.3 Å². The van der Waals surface area contributed by atoms with E-state index in [0.717, 1.165) is 15.7 Å². The Hall–Kier alpha value is -0.870. The highest BCUT2D eigenvalue weighted by Crippen LogP contribution is 2.21. The number of nitrogens with one attached hydrogen (secondary N) is 1. The van der Waals surface area contributed by atoms with Crippen molar-refractivity contribution in [2.75, 3.05) is 0 Å². The van der Waals surface area contributed by atoms with Crippen LogP contribution in [-0.4, -0.2) is 4.57 Å². The van der Waals surface area contributed by atoms with Gasteiger partial charge >= 0.3 is 0 Å². The maximum Gasteiger partial charge on any atom is 0.182 e. The minimum absolute atomic E-state index is 0.572. The molecule has 2 rings (SSSR count). The minimum atomic E-state index is 0.572. The van der Waals surface area contributed by atoms with E-state index in [1.807, 2.05) is 41.3 Å². The van der Waals surface area contributed by atoms with Crippen molar-refractivity contribution >= 4 is 27.3 Å². The van der Waals surface area contributed by atoms with Crippen molar-refractivity contribution in [3.63, 3.8) is 0 Å². The van der Waals surface area contributed by atoms with Crippen molar-refractivity contribution in [2.45, 2.75) is 0 Å². The summed E-state index contributed by atoms with van der Waals surface area (Å²) in [5.74, 6) is 0. The monoisotopic (exact) mass is 268 g/mol. The Labute approximate surface area is 94.5 Å². The fourth-order valence-corrected chi connectivity index (χ4v) is 2.30. The van der Waals surface area contributed by atoms with Crippen molar-refractivity contribution in [1.29, 1.82) is 5.41 Å². The molecule has 2 aromatic rings. The zero-order chi connectivity index (χ0) is 10.1. The SMILES string of the molecule is Cn1c(-c2ccc(Br)cc2)csc1=N. The molecule has 0 amide bonds. The molecule has 14 heavy (non-hydrogen) atoms. The van der Waals surface area contributed by atoms with E-state index in [0.29, 0.717) is 4.80 Å². The molecule has 0 radical (unpaired) electrons. The van der Waals surface area contributed by atoms with E-state index >= 15 is 0 Å². The fourth-order valence-electron chi connectivity index (χ4n) is 1.26. The number of hydrogen-bond donors (Lipinski definition) is 1. The first-order valence-corrected chi connectivity index (χ1v) is 5.81. The number of aromatic nitrogens is 1. The van der Waals surface area contributed by atoms with Crippen LogP contribution in [0.4, 0.5) is 0 Å². The Morgan fingerprint density at radius 3 is 2.43 bits per heavy atom. The van der Waals surface area contributed by atoms with Crippen molar-refractivity contribution in [3.05, 3.63) is 38.9 Å². The summed E-state index contributed by atoms with van der Waals surface area (Å²) in [5.41, 5.74) is 2.23. The van der Waals surface area contributed by atoms with Crippen LogP contribution in [0, 0.1) is 5.41 Å². The zero-order valence-electron chi connectivity index (χ0n) is 7.62. The quantitative estimate of drug-likeness (QED) is 0.824. The summed E-state index contributed by atoms with van der Waals surface area (Å²) in [7, 11) is 1.91. The highest BCUT2D eigenvalue weighted by atomic mass is 79.9. The van der Waals surface area contributed by atoms with E-state index in [9.17, 15) is 0 Å². The number of hydrogen-bond acceptors (Lipinski definition) is 2. The average Bonchev–Trinajstić information content (AvgIpc) is 2.50. The van der Waals surface area contributed by atoms with Crippen LogP contribution in [0.1, 0.15) is 0 Å². The lowest BCUT2D eigenvalue weighted by atomic mass is 10.2. The van der Waals surface area contributed by atoms with Gasteiger partial charge in [0.1, 0.15) is 0 Å². The van der Waals surface area contributed by atoms with Gasteiger partial charge in [0.05, 0.1) is 5.69 Å². The molecule has 0 aliphatic rings. The average molecular weight is 269 g/mol. The summed E-state index contributed by atoms with van der Waals surface area (Å²) in [6.45, 7) is 0. The van der Waals surface area contributed by atoms with E-state index in [-0.39, 0.29) is 0 Å². The molecular weight excluding hydrogens is 260 g/mol. The predicted molar refractivity (Wildman–Crippen MR) is 62.3 cm³/mol. The molecule has 0 spiro atoms. The third kappa shape index (κ3) is 1.67. The van der Waals surface area contributed by atoms with Crippen LogP contribution in [0.25, 0.3) is 11.3 Å². The van der Waals surface area contributed by atoms with Crippen LogP contribution in [0.3, 0.4) is 0 Å². The molecule has 2 nitrogen and oxygen atoms in total. The van der Waals surface area contributed by atoms with Gasteiger partial charge in [0.15, 0.2) is 4.80 Å². The van der Waals surface area contributed by atoms with Gasteiger partial charge in [-0.2, -0.15) is 0 Å². The topological polar surface area (TPSA) is 28.8 Å². The van der Waals surface area contributed by atoms with Crippen LogP contribution in [-0.2, 0) is 7.05 Å². The molecule has 1 aromatic heterocycles. The first-order valence-electron chi connectivity index (χ1n) is 4.13. The molecule has 1 aromatic carbocycles. The molecule has 0 aliphatic carbocycles. The number of benzene rings is 1. The van der Waals surface area contributed by atoms with Crippen LogP contribution in [0.5, 0.6) is 0 Å². The van der Waals surface area contributed by atoms with Crippen LogP contribution < -0.4 is 4.80 Å². The summed E-state index contributed by atoms with van der Waals surface area (Å²) < 4.78 is 2.96. The Balaban J connectivity index is 2.55. The summed E-state index contributed by atoms with van der Waals surface area (Å²) in [5, 5.41) is 9.61. The zero-order valence-corrected chi connectivity index (χ0v) is 10.0. The molecule has 0 bridgehead atoms. The second kappa shape index (κ2) is 3.71. The third-order valence-corrected chi connectivity index (χ3v) is 3.46. The van der Waals surface area contributed by atoms with E-state index in [2.05, 4.69) is 15.9 Å². The second-order valence-electron chi connectivity index (χ2n) is 2.99. The summed E-state index contributed by atoms with van der Waals surface area (Å²) >= 11 is 4.85. The molecule has 0 unspecified atom stereocenters. The van der Waals surface area contributed by atoms with Gasteiger partial charge in [0.25, 0.3) is 0 Å². The van der Waals surface area contributed by atoms with Gasteiger partial charge < -0.3 is 4.57 Å². The first kappa shape index (κ1) is 9.68. The summed E-state index contributed by atoms with van der Waals surface area (Å²) in [6.07, 6.45) is 0. The van der Waals surface area contributed by atoms with Gasteiger partial charge in [-0.1, -0.05) is 28.1 Å². The van der Waals surface area contributed by atoms with Gasteiger partial charge in [0, 0.05) is 16.9 Å². The van der Waals surface area contributed by atoms with Crippen molar-refractivity contribution < 1.29 is 0 Å². The maximum absolute atomic E-state index is 7.60. The van der Waals surface area contributed by atoms with Gasteiger partial charge in [-0.3, -0.25) is 5.41 Å². The second-order valence-corrected chi connectivity index (χ2v) is 4.77. The van der Waals surface area contributed by atoms with Crippen LogP contribution >= 0.6 is 27.3 Å². The van der Waals surface area contributed by atoms with Gasteiger partial charge in [-0.25, -0.2) is 0 Å². The normalized spacial score (nSPS) is 10.4. The lowest BCUT2D eigenvalue weighted by molar-refractivity contribution is 0.866. The Morgan fingerprint density at radius 2 is 1.93 bits per heavy atom. The van der Waals surface area contributed by atoms with Crippen LogP contribution in [0.2, 0.25) is 0 Å². The largest absolute Gasteiger partial charge is 0.320 e. The van der Waals surface area contributed by atoms with Crippen molar-refractivity contribution in [1.82, 2.24) is 4.57 Å². The number of rotatable bonds is 1. The maximum atomic E-state index is 7.60. The van der Waals surface area contributed by atoms with E-state index in [4.69, 9.17) is 5.41 Å². The van der Waals surface area contributed by atoms with E-state index < -0.39 is 0 Å². The van der Waals surface area contributed by atoms with Crippen molar-refractivity contribution in [3.8, 4) is 11.3 Å². The van der Waals surface area contributed by atoms with Crippen molar-refractivity contribution in [2.24, 2.45) is 7.05 Å². The molecule has 72 valence electrons. The number of thiazole rings is 1. The smallest absolute Gasteiger partial charge is 0.182 e. The van der Waals surface area contributed by atoms with E-state index in [1.54, 1.807) is 0 Å². The molecule has 0 fully saturated rings. The first-order chi connectivity index (χ1) is 6.68. The Kier molecular flexibility index (Phi) is 2.56. The standard InChI is InChI=1S/C10H9BrN2S/c1-13-9(6-14-10(13)12)7-2-4-8(11)5-3-7/h2-6,12H,1H3. The number of nitrogens with zero attached hydrogens (tertiary/aromatic N) is 1. The molecule has 1 heterocycles. The Bertz CT molecular complexity index is 496. The molecule has 0 atom stereocenters. The fraction of sp³-hybridized carbons (Fsp3) is 0.100. The summed E-state index contributed by atoms with van der Waals surface area (Å²) in [6, 6.07) is 8.12. The lowest BCUT2D eigenvalue weighted by Gasteiger charge is -2.02. The molecule has 4 heteroatoms. The Morgan fingerprint density at radius 1 is 1.29 bits per heavy atom. The highest BCUT2D eigenvalue weighted by Gasteiger charge is 2.02. The molecule has 1 N–H and O–H groups in total. The molecular formula is C10H9BrN2S. The van der Waals surface area contributed by atoms with Crippen LogP contribution in [0.15, 0.2) is 34.1 Å².